The van der Waals surface area contributed by atoms with Crippen molar-refractivity contribution in [1.82, 2.24) is 0 Å². The Morgan fingerprint density at radius 2 is 2.29 bits per heavy atom. The van der Waals surface area contributed by atoms with E-state index in [1.165, 1.54) is 0 Å². The maximum atomic E-state index is 10.1. The molecule has 0 spiro atoms. The van der Waals surface area contributed by atoms with E-state index in [0.29, 0.717) is 0 Å². The topological polar surface area (TPSA) is 46.5 Å². The Hall–Kier alpha value is 0.500. The maximum absolute atomic E-state index is 10.1. The van der Waals surface area contributed by atoms with Gasteiger partial charge in [-0.3, -0.25) is 4.57 Å². The molecule has 0 amide bonds. The molecule has 5 heteroatoms. The summed E-state index contributed by atoms with van der Waals surface area (Å²) in [4.78, 5) is 8.33. The molecule has 0 aromatic rings. The van der Waals surface area contributed by atoms with Crippen LogP contribution < -0.4 is 0 Å². The molecule has 0 saturated carbocycles. The first-order chi connectivity index (χ1) is 3.06. The molecule has 3 nitrogen and oxygen atoms in total. The van der Waals surface area contributed by atoms with Gasteiger partial charge >= 0.3 is 7.60 Å². The van der Waals surface area contributed by atoms with Crippen molar-refractivity contribution < 1.29 is 13.4 Å². The SMILES string of the molecule is CSOP(C)(=O)O. The van der Waals surface area contributed by atoms with Crippen LogP contribution in [-0.4, -0.2) is 17.8 Å². The Bertz CT molecular complexity index is 86.9. The molecule has 0 heterocycles. The average molecular weight is 142 g/mol. The Morgan fingerprint density at radius 1 is 1.86 bits per heavy atom. The van der Waals surface area contributed by atoms with Crippen LogP contribution in [0, 0.1) is 0 Å². The van der Waals surface area contributed by atoms with Gasteiger partial charge < -0.3 is 4.89 Å². The molecule has 0 radical (unpaired) electrons. The summed E-state index contributed by atoms with van der Waals surface area (Å²) in [5.74, 6) is 0. The van der Waals surface area contributed by atoms with Crippen molar-refractivity contribution in [3.05, 3.63) is 0 Å². The van der Waals surface area contributed by atoms with Crippen molar-refractivity contribution in [2.45, 2.75) is 0 Å². The van der Waals surface area contributed by atoms with Gasteiger partial charge in [-0.05, 0) is 12.0 Å². The predicted molar refractivity (Wildman–Crippen MR) is 30.3 cm³/mol. The molecule has 7 heavy (non-hydrogen) atoms. The van der Waals surface area contributed by atoms with Gasteiger partial charge in [0, 0.05) is 12.9 Å². The second-order valence-electron chi connectivity index (χ2n) is 1.04. The highest BCUT2D eigenvalue weighted by molar-refractivity contribution is 7.97. The summed E-state index contributed by atoms with van der Waals surface area (Å²) in [6, 6.07) is 0. The molecule has 0 aliphatic carbocycles. The van der Waals surface area contributed by atoms with Gasteiger partial charge in [0.05, 0.1) is 0 Å². The molecule has 0 rings (SSSR count). The fourth-order valence-electron chi connectivity index (χ4n) is 0.138. The van der Waals surface area contributed by atoms with Gasteiger partial charge in [-0.25, -0.2) is 3.97 Å². The van der Waals surface area contributed by atoms with Gasteiger partial charge in [0.2, 0.25) is 0 Å². The van der Waals surface area contributed by atoms with Gasteiger partial charge in [0.25, 0.3) is 0 Å². The van der Waals surface area contributed by atoms with E-state index < -0.39 is 7.60 Å². The van der Waals surface area contributed by atoms with Crippen LogP contribution in [0.15, 0.2) is 0 Å². The largest absolute Gasteiger partial charge is 0.336 e. The van der Waals surface area contributed by atoms with Crippen molar-refractivity contribution in [1.29, 1.82) is 0 Å². The molecular weight excluding hydrogens is 135 g/mol. The third kappa shape index (κ3) is 6.50. The first-order valence-corrected chi connectivity index (χ1v) is 4.76. The van der Waals surface area contributed by atoms with E-state index in [1.807, 2.05) is 0 Å². The monoisotopic (exact) mass is 142 g/mol. The van der Waals surface area contributed by atoms with Gasteiger partial charge in [0.15, 0.2) is 0 Å². The summed E-state index contributed by atoms with van der Waals surface area (Å²) in [7, 11) is -3.20. The zero-order valence-electron chi connectivity index (χ0n) is 4.12. The van der Waals surface area contributed by atoms with Crippen LogP contribution in [0.1, 0.15) is 0 Å². The highest BCUT2D eigenvalue weighted by atomic mass is 32.2. The summed E-state index contributed by atoms with van der Waals surface area (Å²) in [5, 5.41) is 0. The second-order valence-corrected chi connectivity index (χ2v) is 3.58. The van der Waals surface area contributed by atoms with Gasteiger partial charge in [-0.1, -0.05) is 0 Å². The van der Waals surface area contributed by atoms with E-state index in [0.717, 1.165) is 18.7 Å². The normalized spacial score (nSPS) is 18.7. The van der Waals surface area contributed by atoms with E-state index in [4.69, 9.17) is 4.89 Å². The summed E-state index contributed by atoms with van der Waals surface area (Å²) in [5.41, 5.74) is 0. The van der Waals surface area contributed by atoms with E-state index >= 15 is 0 Å². The minimum atomic E-state index is -3.20. The van der Waals surface area contributed by atoms with Crippen LogP contribution in [0.3, 0.4) is 0 Å². The van der Waals surface area contributed by atoms with Gasteiger partial charge in [0.1, 0.15) is 0 Å². The lowest BCUT2D eigenvalue weighted by Gasteiger charge is -1.98. The first-order valence-electron chi connectivity index (χ1n) is 1.59. The number of hydrogen-bond acceptors (Lipinski definition) is 3. The molecular formula is C2H7O3PS. The van der Waals surface area contributed by atoms with Crippen LogP contribution in [0.25, 0.3) is 0 Å². The fourth-order valence-corrected chi connectivity index (χ4v) is 1.24. The van der Waals surface area contributed by atoms with Crippen molar-refractivity contribution in [3.8, 4) is 0 Å². The Kier molecular flexibility index (Phi) is 2.92. The van der Waals surface area contributed by atoms with E-state index in [-0.39, 0.29) is 0 Å². The first kappa shape index (κ1) is 7.50. The maximum Gasteiger partial charge on any atom is 0.336 e. The molecule has 0 aromatic carbocycles. The lowest BCUT2D eigenvalue weighted by atomic mass is 12.0. The molecule has 44 valence electrons. The Morgan fingerprint density at radius 3 is 2.29 bits per heavy atom. The zero-order valence-corrected chi connectivity index (χ0v) is 5.83. The summed E-state index contributed by atoms with van der Waals surface area (Å²) in [6.45, 7) is 1.14. The minimum Gasteiger partial charge on any atom is -0.324 e. The number of hydrogen-bond donors (Lipinski definition) is 1. The standard InChI is InChI=1S/C2H7O3PS/c1-6(3,4)5-7-2/h1-2H3,(H,3,4). The smallest absolute Gasteiger partial charge is 0.324 e. The molecule has 0 saturated heterocycles. The lowest BCUT2D eigenvalue weighted by molar-refractivity contribution is 0.410. The van der Waals surface area contributed by atoms with E-state index in [9.17, 15) is 4.57 Å². The molecule has 0 bridgehead atoms. The van der Waals surface area contributed by atoms with Crippen molar-refractivity contribution >= 4 is 19.6 Å². The molecule has 0 aromatic heterocycles. The lowest BCUT2D eigenvalue weighted by Crippen LogP contribution is -1.73. The fraction of sp³-hybridized carbons (Fsp3) is 1.00. The highest BCUT2D eigenvalue weighted by Crippen LogP contribution is 2.40. The van der Waals surface area contributed by atoms with Crippen LogP contribution in [0.4, 0.5) is 0 Å². The third-order valence-corrected chi connectivity index (χ3v) is 1.92. The summed E-state index contributed by atoms with van der Waals surface area (Å²) >= 11 is 0.895. The van der Waals surface area contributed by atoms with Crippen LogP contribution >= 0.6 is 19.6 Å². The summed E-state index contributed by atoms with van der Waals surface area (Å²) < 4.78 is 14.4. The Labute approximate surface area is 46.8 Å². The average Bonchev–Trinajstić information content (AvgIpc) is 1.30. The Balaban J connectivity index is 3.36. The quantitative estimate of drug-likeness (QED) is 0.463. The van der Waals surface area contributed by atoms with Crippen molar-refractivity contribution in [3.63, 3.8) is 0 Å². The highest BCUT2D eigenvalue weighted by Gasteiger charge is 2.07. The van der Waals surface area contributed by atoms with Crippen LogP contribution in [0.2, 0.25) is 0 Å². The molecule has 1 atom stereocenters. The molecule has 0 fully saturated rings. The molecule has 0 aliphatic heterocycles. The molecule has 1 N–H and O–H groups in total. The molecule has 1 unspecified atom stereocenters. The van der Waals surface area contributed by atoms with Crippen LogP contribution in [-0.2, 0) is 8.54 Å². The van der Waals surface area contributed by atoms with Crippen molar-refractivity contribution in [2.75, 3.05) is 12.9 Å². The minimum absolute atomic E-state index is 0.895. The van der Waals surface area contributed by atoms with Crippen LogP contribution in [0.5, 0.6) is 0 Å². The van der Waals surface area contributed by atoms with Gasteiger partial charge in [-0.2, -0.15) is 0 Å². The zero-order chi connectivity index (χ0) is 5.91. The summed E-state index contributed by atoms with van der Waals surface area (Å²) in [6.07, 6.45) is 1.59. The second kappa shape index (κ2) is 2.72. The third-order valence-electron chi connectivity index (χ3n) is 0.213. The van der Waals surface area contributed by atoms with E-state index in [2.05, 4.69) is 3.97 Å². The predicted octanol–water partition coefficient (Wildman–Crippen LogP) is 1.10. The number of rotatable bonds is 2. The van der Waals surface area contributed by atoms with Crippen molar-refractivity contribution in [2.24, 2.45) is 0 Å². The van der Waals surface area contributed by atoms with Gasteiger partial charge in [-0.15, -0.1) is 0 Å². The van der Waals surface area contributed by atoms with E-state index in [1.54, 1.807) is 6.26 Å². The molecule has 0 aliphatic rings.